The fraction of sp³-hybridized carbons (Fsp3) is 0.200. The van der Waals surface area contributed by atoms with Gasteiger partial charge in [-0.25, -0.2) is 4.98 Å². The third-order valence-electron chi connectivity index (χ3n) is 3.43. The molecule has 0 unspecified atom stereocenters. The monoisotopic (exact) mass is 352 g/mol. The van der Waals surface area contributed by atoms with Gasteiger partial charge in [0.05, 0.1) is 6.61 Å². The van der Waals surface area contributed by atoms with Crippen molar-refractivity contribution in [2.24, 2.45) is 5.92 Å². The highest BCUT2D eigenvalue weighted by atomic mass is 32.1. The Morgan fingerprint density at radius 3 is 2.72 bits per heavy atom. The van der Waals surface area contributed by atoms with Gasteiger partial charge in [0.2, 0.25) is 0 Å². The van der Waals surface area contributed by atoms with Crippen LogP contribution in [0, 0.1) is 5.92 Å². The maximum absolute atomic E-state index is 12.3. The summed E-state index contributed by atoms with van der Waals surface area (Å²) in [5.41, 5.74) is 2.12. The van der Waals surface area contributed by atoms with E-state index in [0.29, 0.717) is 18.2 Å². The summed E-state index contributed by atoms with van der Waals surface area (Å²) in [6.07, 6.45) is 0. The number of aromatic nitrogens is 1. The Morgan fingerprint density at radius 1 is 1.16 bits per heavy atom. The third kappa shape index (κ3) is 4.67. The Kier molecular flexibility index (Phi) is 5.46. The lowest BCUT2D eigenvalue weighted by molar-refractivity contribution is 0.102. The van der Waals surface area contributed by atoms with E-state index in [1.54, 1.807) is 5.38 Å². The van der Waals surface area contributed by atoms with Crippen LogP contribution in [-0.2, 0) is 0 Å². The minimum atomic E-state index is -0.207. The molecule has 0 radical (unpaired) electrons. The number of para-hydroxylation sites is 1. The Balaban J connectivity index is 1.72. The van der Waals surface area contributed by atoms with Gasteiger partial charge in [0, 0.05) is 16.6 Å². The zero-order chi connectivity index (χ0) is 17.6. The predicted molar refractivity (Wildman–Crippen MR) is 102 cm³/mol. The summed E-state index contributed by atoms with van der Waals surface area (Å²) < 4.78 is 5.76. The summed E-state index contributed by atoms with van der Waals surface area (Å²) in [4.78, 5) is 16.8. The molecule has 0 fully saturated rings. The van der Waals surface area contributed by atoms with Crippen molar-refractivity contribution in [3.8, 4) is 16.3 Å². The van der Waals surface area contributed by atoms with Crippen LogP contribution in [0.3, 0.4) is 0 Å². The largest absolute Gasteiger partial charge is 0.493 e. The Bertz CT molecular complexity index is 844. The van der Waals surface area contributed by atoms with Gasteiger partial charge in [-0.2, -0.15) is 0 Å². The highest BCUT2D eigenvalue weighted by molar-refractivity contribution is 7.13. The molecule has 4 nitrogen and oxygen atoms in total. The van der Waals surface area contributed by atoms with Gasteiger partial charge in [0.15, 0.2) is 0 Å². The average Bonchev–Trinajstić information content (AvgIpc) is 3.11. The van der Waals surface area contributed by atoms with E-state index in [0.717, 1.165) is 22.0 Å². The van der Waals surface area contributed by atoms with Gasteiger partial charge in [-0.15, -0.1) is 11.3 Å². The van der Waals surface area contributed by atoms with Gasteiger partial charge in [-0.05, 0) is 30.2 Å². The van der Waals surface area contributed by atoms with Crippen LogP contribution in [-0.4, -0.2) is 17.5 Å². The van der Waals surface area contributed by atoms with Crippen molar-refractivity contribution in [1.82, 2.24) is 4.98 Å². The summed E-state index contributed by atoms with van der Waals surface area (Å²) in [6.45, 7) is 4.90. The first-order chi connectivity index (χ1) is 12.1. The van der Waals surface area contributed by atoms with Crippen molar-refractivity contribution in [2.75, 3.05) is 11.9 Å². The molecule has 1 aromatic heterocycles. The topological polar surface area (TPSA) is 51.2 Å². The molecular weight excluding hydrogens is 332 g/mol. The number of carbonyl (C=O) groups excluding carboxylic acids is 1. The lowest BCUT2D eigenvalue weighted by Gasteiger charge is -2.09. The van der Waals surface area contributed by atoms with Gasteiger partial charge in [-0.1, -0.05) is 44.2 Å². The maximum Gasteiger partial charge on any atom is 0.275 e. The predicted octanol–water partition coefficient (Wildman–Crippen LogP) is 5.10. The molecule has 128 valence electrons. The zero-order valence-corrected chi connectivity index (χ0v) is 15.0. The number of hydrogen-bond donors (Lipinski definition) is 1. The molecule has 0 atom stereocenters. The number of benzene rings is 2. The van der Waals surface area contributed by atoms with Crippen molar-refractivity contribution in [1.29, 1.82) is 0 Å². The van der Waals surface area contributed by atoms with Crippen molar-refractivity contribution in [3.63, 3.8) is 0 Å². The van der Waals surface area contributed by atoms with Gasteiger partial charge in [0.1, 0.15) is 16.5 Å². The number of nitrogens with zero attached hydrogens (tertiary/aromatic N) is 1. The Morgan fingerprint density at radius 2 is 1.96 bits per heavy atom. The Hall–Kier alpha value is -2.66. The summed E-state index contributed by atoms with van der Waals surface area (Å²) in [5, 5.41) is 5.42. The van der Waals surface area contributed by atoms with E-state index in [1.807, 2.05) is 54.6 Å². The first-order valence-electron chi connectivity index (χ1n) is 8.17. The second kappa shape index (κ2) is 7.94. The van der Waals surface area contributed by atoms with E-state index in [2.05, 4.69) is 24.1 Å². The van der Waals surface area contributed by atoms with Crippen molar-refractivity contribution >= 4 is 22.9 Å². The molecule has 0 aliphatic rings. The van der Waals surface area contributed by atoms with Crippen LogP contribution in [0.1, 0.15) is 24.3 Å². The van der Waals surface area contributed by atoms with E-state index in [1.165, 1.54) is 11.3 Å². The van der Waals surface area contributed by atoms with Crippen molar-refractivity contribution in [2.45, 2.75) is 13.8 Å². The first kappa shape index (κ1) is 17.2. The second-order valence-corrected chi connectivity index (χ2v) is 6.95. The molecule has 1 N–H and O–H groups in total. The average molecular weight is 352 g/mol. The third-order valence-corrected chi connectivity index (χ3v) is 4.32. The molecule has 1 heterocycles. The summed E-state index contributed by atoms with van der Waals surface area (Å²) in [6, 6.07) is 17.2. The highest BCUT2D eigenvalue weighted by Gasteiger charge is 2.12. The summed E-state index contributed by atoms with van der Waals surface area (Å²) in [5.74, 6) is 1.08. The Labute approximate surface area is 151 Å². The number of carbonyl (C=O) groups is 1. The van der Waals surface area contributed by atoms with E-state index < -0.39 is 0 Å². The zero-order valence-electron chi connectivity index (χ0n) is 14.2. The van der Waals surface area contributed by atoms with Crippen LogP contribution in [0.5, 0.6) is 5.75 Å². The summed E-state index contributed by atoms with van der Waals surface area (Å²) >= 11 is 1.45. The first-order valence-corrected chi connectivity index (χ1v) is 9.05. The number of nitrogens with one attached hydrogen (secondary N) is 1. The fourth-order valence-electron chi connectivity index (χ4n) is 2.21. The second-order valence-electron chi connectivity index (χ2n) is 6.09. The van der Waals surface area contributed by atoms with Crippen LogP contribution >= 0.6 is 11.3 Å². The molecule has 3 aromatic rings. The SMILES string of the molecule is CC(C)COc1cccc(-c2nc(C(=O)Nc3ccccc3)cs2)c1. The molecule has 25 heavy (non-hydrogen) atoms. The van der Waals surface area contributed by atoms with Gasteiger partial charge < -0.3 is 10.1 Å². The van der Waals surface area contributed by atoms with E-state index >= 15 is 0 Å². The van der Waals surface area contributed by atoms with E-state index in [9.17, 15) is 4.79 Å². The molecule has 0 aliphatic carbocycles. The lowest BCUT2D eigenvalue weighted by Crippen LogP contribution is -2.12. The summed E-state index contributed by atoms with van der Waals surface area (Å²) in [7, 11) is 0. The smallest absolute Gasteiger partial charge is 0.275 e. The number of hydrogen-bond acceptors (Lipinski definition) is 4. The van der Waals surface area contributed by atoms with Crippen molar-refractivity contribution < 1.29 is 9.53 Å². The normalized spacial score (nSPS) is 10.7. The fourth-order valence-corrected chi connectivity index (χ4v) is 3.01. The minimum absolute atomic E-state index is 0.207. The molecule has 1 amide bonds. The lowest BCUT2D eigenvalue weighted by atomic mass is 10.2. The number of rotatable bonds is 6. The maximum atomic E-state index is 12.3. The van der Waals surface area contributed by atoms with Gasteiger partial charge in [-0.3, -0.25) is 4.79 Å². The highest BCUT2D eigenvalue weighted by Crippen LogP contribution is 2.27. The molecule has 5 heteroatoms. The molecule has 0 saturated carbocycles. The molecule has 0 saturated heterocycles. The molecular formula is C20H20N2O2S. The van der Waals surface area contributed by atoms with Crippen LogP contribution in [0.4, 0.5) is 5.69 Å². The van der Waals surface area contributed by atoms with Crippen LogP contribution < -0.4 is 10.1 Å². The minimum Gasteiger partial charge on any atom is -0.493 e. The molecule has 0 aliphatic heterocycles. The number of amides is 1. The molecule has 0 bridgehead atoms. The molecule has 3 rings (SSSR count). The van der Waals surface area contributed by atoms with Gasteiger partial charge >= 0.3 is 0 Å². The van der Waals surface area contributed by atoms with Crippen LogP contribution in [0.2, 0.25) is 0 Å². The standard InChI is InChI=1S/C20H20N2O2S/c1-14(2)12-24-17-10-6-7-15(11-17)20-22-18(13-25-20)19(23)21-16-8-4-3-5-9-16/h3-11,13-14H,12H2,1-2H3,(H,21,23). The number of anilines is 1. The van der Waals surface area contributed by atoms with Gasteiger partial charge in [0.25, 0.3) is 5.91 Å². The number of ether oxygens (including phenoxy) is 1. The van der Waals surface area contributed by atoms with Crippen molar-refractivity contribution in [3.05, 3.63) is 65.7 Å². The quantitative estimate of drug-likeness (QED) is 0.672. The molecule has 2 aromatic carbocycles. The van der Waals surface area contributed by atoms with Crippen LogP contribution in [0.25, 0.3) is 10.6 Å². The molecule has 0 spiro atoms. The van der Waals surface area contributed by atoms with E-state index in [4.69, 9.17) is 4.74 Å². The van der Waals surface area contributed by atoms with E-state index in [-0.39, 0.29) is 5.91 Å². The van der Waals surface area contributed by atoms with Crippen LogP contribution in [0.15, 0.2) is 60.0 Å². The number of thiazole rings is 1.